The van der Waals surface area contributed by atoms with Gasteiger partial charge in [-0.05, 0) is 181 Å². The van der Waals surface area contributed by atoms with E-state index in [1.807, 2.05) is 0 Å². The molecule has 3 aliphatic carbocycles. The first-order valence-corrected chi connectivity index (χ1v) is 24.7. The van der Waals surface area contributed by atoms with Gasteiger partial charge in [0.15, 0.2) is 0 Å². The van der Waals surface area contributed by atoms with E-state index in [0.717, 1.165) is 22.7 Å². The fourth-order valence-corrected chi connectivity index (χ4v) is 12.6. The summed E-state index contributed by atoms with van der Waals surface area (Å²) in [6.07, 6.45) is 0. The van der Waals surface area contributed by atoms with Crippen molar-refractivity contribution in [2.24, 2.45) is 0 Å². The molecule has 2 heteroatoms. The average Bonchev–Trinajstić information content (AvgIpc) is 3.73. The van der Waals surface area contributed by atoms with E-state index in [4.69, 9.17) is 0 Å². The van der Waals surface area contributed by atoms with Gasteiger partial charge in [-0.1, -0.05) is 168 Å². The van der Waals surface area contributed by atoms with E-state index in [0.29, 0.717) is 0 Å². The Morgan fingerprint density at radius 3 is 1.14 bits per heavy atom. The molecular weight excluding hydrogens is 833 g/mol. The van der Waals surface area contributed by atoms with E-state index in [9.17, 15) is 0 Å². The van der Waals surface area contributed by atoms with Gasteiger partial charge in [0.1, 0.15) is 0 Å². The Hall–Kier alpha value is -7.68. The third-order valence-electron chi connectivity index (χ3n) is 16.4. The molecule has 10 aromatic rings. The maximum absolute atomic E-state index is 2.48. The second kappa shape index (κ2) is 14.7. The third-order valence-corrected chi connectivity index (χ3v) is 16.4. The molecule has 0 spiro atoms. The van der Waals surface area contributed by atoms with Gasteiger partial charge in [0.2, 0.25) is 0 Å². The maximum Gasteiger partial charge on any atom is 0.0468 e. The van der Waals surface area contributed by atoms with Gasteiger partial charge in [0.05, 0.1) is 0 Å². The molecule has 0 bridgehead atoms. The van der Waals surface area contributed by atoms with Crippen LogP contribution in [-0.4, -0.2) is 0 Å². The third kappa shape index (κ3) is 6.04. The molecule has 10 aromatic carbocycles. The smallest absolute Gasteiger partial charge is 0.0468 e. The van der Waals surface area contributed by atoms with Crippen molar-refractivity contribution in [3.05, 3.63) is 239 Å². The van der Waals surface area contributed by atoms with Gasteiger partial charge in [-0.25, -0.2) is 0 Å². The van der Waals surface area contributed by atoms with Crippen molar-refractivity contribution < 1.29 is 0 Å². The van der Waals surface area contributed by atoms with Crippen molar-refractivity contribution in [1.29, 1.82) is 0 Å². The molecule has 0 aromatic heterocycles. The van der Waals surface area contributed by atoms with Crippen LogP contribution in [0.25, 0.3) is 54.9 Å². The summed E-state index contributed by atoms with van der Waals surface area (Å²) in [6, 6.07) is 73.9. The fourth-order valence-electron chi connectivity index (χ4n) is 12.6. The van der Waals surface area contributed by atoms with Gasteiger partial charge in [-0.2, -0.15) is 0 Å². The zero-order valence-electron chi connectivity index (χ0n) is 40.9. The quantitative estimate of drug-likeness (QED) is 0.154. The Kier molecular flexibility index (Phi) is 8.82. The zero-order valence-corrected chi connectivity index (χ0v) is 40.9. The molecule has 0 amide bonds. The number of aryl methyl sites for hydroxylation is 2. The van der Waals surface area contributed by atoms with E-state index >= 15 is 0 Å². The van der Waals surface area contributed by atoms with Crippen LogP contribution in [0.15, 0.2) is 194 Å². The van der Waals surface area contributed by atoms with Gasteiger partial charge in [-0.15, -0.1) is 0 Å². The number of rotatable bonds is 6. The summed E-state index contributed by atoms with van der Waals surface area (Å²) in [7, 11) is 0. The minimum atomic E-state index is -0.271. The van der Waals surface area contributed by atoms with Crippen LogP contribution < -0.4 is 9.80 Å². The SMILES string of the molecule is Cc1ccc(N(c2ccc3c(c2)C(C)(C)c2ccccc2-3)c2ccc3c(c2)C(C)(C)c2cccc4c2c-3cc2ccc(N(c3ccc(C)cc3)c3ccc5c(c3)C(C)(C)c3ccccc3-5)cc24)cc1. The maximum atomic E-state index is 2.48. The van der Waals surface area contributed by atoms with Gasteiger partial charge >= 0.3 is 0 Å². The lowest BCUT2D eigenvalue weighted by Crippen LogP contribution is -2.24. The predicted molar refractivity (Wildman–Crippen MR) is 293 cm³/mol. The minimum Gasteiger partial charge on any atom is -0.310 e. The molecule has 3 aliphatic rings. The van der Waals surface area contributed by atoms with Crippen molar-refractivity contribution in [3.63, 3.8) is 0 Å². The van der Waals surface area contributed by atoms with Crippen molar-refractivity contribution in [2.45, 2.75) is 71.6 Å². The number of fused-ring (bicyclic) bond motifs is 10. The summed E-state index contributed by atoms with van der Waals surface area (Å²) < 4.78 is 0. The first-order valence-electron chi connectivity index (χ1n) is 24.7. The Labute approximate surface area is 407 Å². The molecule has 0 atom stereocenters. The van der Waals surface area contributed by atoms with Crippen LogP contribution >= 0.6 is 0 Å². The molecule has 0 heterocycles. The van der Waals surface area contributed by atoms with Crippen LogP contribution in [-0.2, 0) is 16.2 Å². The second-order valence-corrected chi connectivity index (χ2v) is 21.6. The summed E-state index contributed by atoms with van der Waals surface area (Å²) in [5.74, 6) is 0. The van der Waals surface area contributed by atoms with Gasteiger partial charge in [0.25, 0.3) is 0 Å². The molecule has 0 aliphatic heterocycles. The summed E-state index contributed by atoms with van der Waals surface area (Å²) >= 11 is 0. The normalized spacial score (nSPS) is 15.0. The topological polar surface area (TPSA) is 6.48 Å². The highest BCUT2D eigenvalue weighted by Gasteiger charge is 2.39. The Morgan fingerprint density at radius 2 is 0.652 bits per heavy atom. The molecule has 0 saturated carbocycles. The van der Waals surface area contributed by atoms with Crippen LogP contribution in [0.4, 0.5) is 34.1 Å². The van der Waals surface area contributed by atoms with Gasteiger partial charge in [0, 0.05) is 50.4 Å². The lowest BCUT2D eigenvalue weighted by atomic mass is 9.68. The standard InChI is InChI=1S/C67H56N2/c1-41-20-25-44(26-21-41)68(47-30-33-52-50-14-9-11-17-58(50)65(3,4)61(52)38-47)46-29-24-43-36-57-54-35-32-49(40-63(54)67(7,8)60-19-13-16-55(64(57)60)56(43)37-46)69(45-27-22-42(2)23-28-45)48-31-34-53-51-15-10-12-18-59(51)66(5,6)62(53)39-48/h9-40H,1-8H3. The molecule has 0 fully saturated rings. The Morgan fingerprint density at radius 1 is 0.275 bits per heavy atom. The highest BCUT2D eigenvalue weighted by atomic mass is 15.1. The Bertz CT molecular complexity index is 3770. The lowest BCUT2D eigenvalue weighted by molar-refractivity contribution is 0.645. The van der Waals surface area contributed by atoms with Gasteiger partial charge in [-0.3, -0.25) is 0 Å². The highest BCUT2D eigenvalue weighted by Crippen LogP contribution is 2.55. The molecule has 334 valence electrons. The van der Waals surface area contributed by atoms with Crippen molar-refractivity contribution in [3.8, 4) is 33.4 Å². The first-order chi connectivity index (χ1) is 33.3. The van der Waals surface area contributed by atoms with Crippen molar-refractivity contribution >= 4 is 55.7 Å². The average molecular weight is 889 g/mol. The van der Waals surface area contributed by atoms with Crippen LogP contribution in [0.3, 0.4) is 0 Å². The summed E-state index contributed by atoms with van der Waals surface area (Å²) in [4.78, 5) is 4.92. The summed E-state index contributed by atoms with van der Waals surface area (Å²) in [5, 5.41) is 5.15. The number of hydrogen-bond acceptors (Lipinski definition) is 2. The molecule has 0 N–H and O–H groups in total. The molecular formula is C67H56N2. The highest BCUT2D eigenvalue weighted by molar-refractivity contribution is 6.17. The molecule has 0 unspecified atom stereocenters. The van der Waals surface area contributed by atoms with E-state index < -0.39 is 0 Å². The number of anilines is 6. The summed E-state index contributed by atoms with van der Waals surface area (Å²) in [6.45, 7) is 18.7. The van der Waals surface area contributed by atoms with Crippen molar-refractivity contribution in [1.82, 2.24) is 0 Å². The van der Waals surface area contributed by atoms with E-state index in [2.05, 4.69) is 259 Å². The number of benzene rings is 10. The fraction of sp³-hybridized carbons (Fsp3) is 0.164. The first kappa shape index (κ1) is 41.5. The minimum absolute atomic E-state index is 0.101. The number of nitrogens with zero attached hydrogens (tertiary/aromatic N) is 2. The zero-order chi connectivity index (χ0) is 47.1. The molecule has 13 rings (SSSR count). The van der Waals surface area contributed by atoms with Crippen LogP contribution in [0, 0.1) is 13.8 Å². The molecule has 69 heavy (non-hydrogen) atoms. The van der Waals surface area contributed by atoms with Gasteiger partial charge < -0.3 is 9.80 Å². The number of hydrogen-bond donors (Lipinski definition) is 0. The van der Waals surface area contributed by atoms with Crippen LogP contribution in [0.5, 0.6) is 0 Å². The second-order valence-electron chi connectivity index (χ2n) is 21.6. The van der Waals surface area contributed by atoms with Crippen LogP contribution in [0.2, 0.25) is 0 Å². The largest absolute Gasteiger partial charge is 0.310 e. The predicted octanol–water partition coefficient (Wildman–Crippen LogP) is 18.5. The van der Waals surface area contributed by atoms with E-state index in [-0.39, 0.29) is 16.2 Å². The summed E-state index contributed by atoms with van der Waals surface area (Å²) in [5.41, 5.74) is 25.2. The Balaban J connectivity index is 0.955. The molecule has 2 nitrogen and oxygen atoms in total. The molecule has 0 saturated heterocycles. The van der Waals surface area contributed by atoms with E-state index in [1.54, 1.807) is 0 Å². The molecule has 0 radical (unpaired) electrons. The monoisotopic (exact) mass is 888 g/mol. The van der Waals surface area contributed by atoms with E-state index in [1.165, 1.54) is 111 Å². The van der Waals surface area contributed by atoms with Crippen LogP contribution in [0.1, 0.15) is 86.1 Å². The van der Waals surface area contributed by atoms with Crippen molar-refractivity contribution in [2.75, 3.05) is 9.80 Å². The lowest BCUT2D eigenvalue weighted by Gasteiger charge is -2.37.